The maximum atomic E-state index is 6.07. The van der Waals surface area contributed by atoms with Crippen LogP contribution < -0.4 is 10.4 Å². The SMILES string of the molecule is CC(C)c1cc2c(-c3ccc4c(c3)c3ccccc3n4C)cccc2[c-]1[Si](C)(CCCCCCOC(C)(C)C)[c-]1ccc(CCCCCCOC(C)(C)C)c1.[Cl][Zr+2][Cl]. The Morgan fingerprint density at radius 2 is 1.33 bits per heavy atom. The van der Waals surface area contributed by atoms with E-state index in [9.17, 15) is 0 Å². The molecule has 7 heteroatoms. The molecular weight excluding hydrogens is 849 g/mol. The van der Waals surface area contributed by atoms with Crippen molar-refractivity contribution in [3.8, 4) is 11.1 Å². The second kappa shape index (κ2) is 21.2. The molecule has 0 spiro atoms. The number of fused-ring (bicyclic) bond motifs is 4. The molecule has 1 atom stereocenters. The summed E-state index contributed by atoms with van der Waals surface area (Å²) in [4.78, 5) is 0. The molecule has 58 heavy (non-hydrogen) atoms. The summed E-state index contributed by atoms with van der Waals surface area (Å²) in [7, 11) is 9.92. The van der Waals surface area contributed by atoms with Crippen molar-refractivity contribution in [2.45, 2.75) is 143 Å². The zero-order valence-corrected chi connectivity index (χ0v) is 42.1. The number of unbranched alkanes of at least 4 members (excludes halogenated alkanes) is 6. The molecule has 6 aromatic rings. The van der Waals surface area contributed by atoms with Crippen molar-refractivity contribution in [3.63, 3.8) is 0 Å². The van der Waals surface area contributed by atoms with Crippen LogP contribution in [0.4, 0.5) is 0 Å². The monoisotopic (exact) mass is 915 g/mol. The molecule has 0 N–H and O–H groups in total. The van der Waals surface area contributed by atoms with Crippen LogP contribution in [-0.4, -0.2) is 37.1 Å². The van der Waals surface area contributed by atoms with Gasteiger partial charge in [-0.3, -0.25) is 0 Å². The fraction of sp³-hybridized carbons (Fsp3) is 0.490. The molecule has 0 bridgehead atoms. The van der Waals surface area contributed by atoms with Gasteiger partial charge in [0, 0.05) is 50.1 Å². The Kier molecular flexibility index (Phi) is 17.2. The Morgan fingerprint density at radius 1 is 0.707 bits per heavy atom. The molecule has 0 radical (unpaired) electrons. The van der Waals surface area contributed by atoms with Gasteiger partial charge in [0.2, 0.25) is 0 Å². The zero-order chi connectivity index (χ0) is 42.1. The van der Waals surface area contributed by atoms with Gasteiger partial charge in [0.25, 0.3) is 0 Å². The van der Waals surface area contributed by atoms with Gasteiger partial charge in [-0.05, 0) is 84.1 Å². The number of para-hydroxylation sites is 1. The molecule has 5 aromatic carbocycles. The van der Waals surface area contributed by atoms with E-state index >= 15 is 0 Å². The molecule has 0 aliphatic heterocycles. The van der Waals surface area contributed by atoms with Crippen molar-refractivity contribution in [3.05, 3.63) is 96.1 Å². The zero-order valence-electron chi connectivity index (χ0n) is 37.2. The second-order valence-corrected chi connectivity index (χ2v) is 26.8. The van der Waals surface area contributed by atoms with Crippen molar-refractivity contribution in [2.75, 3.05) is 13.2 Å². The average Bonchev–Trinajstić information content (AvgIpc) is 3.89. The van der Waals surface area contributed by atoms with Gasteiger partial charge in [0.05, 0.1) is 11.2 Å². The average molecular weight is 918 g/mol. The van der Waals surface area contributed by atoms with Crippen molar-refractivity contribution in [2.24, 2.45) is 7.05 Å². The van der Waals surface area contributed by atoms with Gasteiger partial charge in [-0.1, -0.05) is 107 Å². The summed E-state index contributed by atoms with van der Waals surface area (Å²) in [5, 5.41) is 8.85. The molecule has 1 unspecified atom stereocenters. The number of hydrogen-bond acceptors (Lipinski definition) is 2. The second-order valence-electron chi connectivity index (χ2n) is 18.9. The van der Waals surface area contributed by atoms with E-state index in [1.807, 2.05) is 0 Å². The number of rotatable bonds is 18. The van der Waals surface area contributed by atoms with Crippen molar-refractivity contribution >= 4 is 68.1 Å². The third kappa shape index (κ3) is 12.1. The first-order valence-electron chi connectivity index (χ1n) is 21.8. The van der Waals surface area contributed by atoms with E-state index in [4.69, 9.17) is 26.5 Å². The predicted molar refractivity (Wildman–Crippen MR) is 255 cm³/mol. The fourth-order valence-corrected chi connectivity index (χ4v) is 13.4. The first-order chi connectivity index (χ1) is 27.6. The van der Waals surface area contributed by atoms with E-state index in [-0.39, 0.29) is 11.2 Å². The number of aromatic nitrogens is 1. The molecule has 0 saturated carbocycles. The van der Waals surface area contributed by atoms with Crippen LogP contribution in [0, 0.1) is 0 Å². The molecule has 0 aliphatic carbocycles. The van der Waals surface area contributed by atoms with Gasteiger partial charge >= 0.3 is 37.9 Å². The van der Waals surface area contributed by atoms with Crippen LogP contribution in [0.15, 0.2) is 84.9 Å². The molecule has 312 valence electrons. The van der Waals surface area contributed by atoms with Crippen LogP contribution in [0.25, 0.3) is 43.7 Å². The van der Waals surface area contributed by atoms with Gasteiger partial charge < -0.3 is 14.0 Å². The number of aryl methyl sites for hydroxylation is 2. The summed E-state index contributed by atoms with van der Waals surface area (Å²) in [5.41, 5.74) is 8.20. The predicted octanol–water partition coefficient (Wildman–Crippen LogP) is 14.6. The third-order valence-electron chi connectivity index (χ3n) is 11.8. The summed E-state index contributed by atoms with van der Waals surface area (Å²) < 4.78 is 14.4. The molecule has 0 aliphatic rings. The third-order valence-corrected chi connectivity index (χ3v) is 16.4. The van der Waals surface area contributed by atoms with Crippen LogP contribution in [0.1, 0.15) is 124 Å². The summed E-state index contributed by atoms with van der Waals surface area (Å²) in [6, 6.07) is 34.5. The van der Waals surface area contributed by atoms with Crippen LogP contribution >= 0.6 is 17.0 Å². The van der Waals surface area contributed by atoms with E-state index in [0.717, 1.165) is 32.5 Å². The van der Waals surface area contributed by atoms with Crippen LogP contribution in [0.5, 0.6) is 0 Å². The summed E-state index contributed by atoms with van der Waals surface area (Å²) in [6.07, 6.45) is 10.9. The number of benzene rings is 3. The molecule has 6 rings (SSSR count). The van der Waals surface area contributed by atoms with Crippen LogP contribution in [0.2, 0.25) is 12.6 Å². The molecule has 1 aromatic heterocycles. The summed E-state index contributed by atoms with van der Waals surface area (Å²) in [5.74, 6) is 0.453. The van der Waals surface area contributed by atoms with Crippen molar-refractivity contribution < 1.29 is 30.3 Å². The Morgan fingerprint density at radius 3 is 1.98 bits per heavy atom. The van der Waals surface area contributed by atoms with Crippen molar-refractivity contribution in [1.29, 1.82) is 0 Å². The van der Waals surface area contributed by atoms with Gasteiger partial charge in [-0.2, -0.15) is 28.9 Å². The van der Waals surface area contributed by atoms with E-state index in [1.54, 1.807) is 15.9 Å². The van der Waals surface area contributed by atoms with E-state index < -0.39 is 28.9 Å². The van der Waals surface area contributed by atoms with Crippen LogP contribution in [0.3, 0.4) is 0 Å². The Bertz CT molecular complexity index is 2200. The summed E-state index contributed by atoms with van der Waals surface area (Å²) in [6.45, 7) is 22.1. The van der Waals surface area contributed by atoms with E-state index in [2.05, 4.69) is 158 Å². The summed E-state index contributed by atoms with van der Waals surface area (Å²) >= 11 is -0.826. The van der Waals surface area contributed by atoms with Gasteiger partial charge in [0.15, 0.2) is 0 Å². The quantitative estimate of drug-likeness (QED) is 0.0487. The standard InChI is InChI=1S/C51H69NO2Si.2ClH.Zr/c1-37(2)44-36-45-41(39-28-30-48-46(35-39)42-23-16-17-26-47(42)52(48)9)24-21-25-43(45)49(44)55(10,33-20-14-13-19-32-54-51(6,7)8)40-29-27-38(34-40)22-15-11-12-18-31-53-50(3,4)5;;;/h16-17,21,23-30,34-37H,11-15,18-20,22,31-33H2,1-10H3;2*1H;/q-2;;;+4/p-2. The van der Waals surface area contributed by atoms with Gasteiger partial charge in [-0.15, -0.1) is 33.7 Å². The Labute approximate surface area is 370 Å². The fourth-order valence-electron chi connectivity index (χ4n) is 8.86. The molecule has 0 fully saturated rings. The first kappa shape index (κ1) is 47.1. The molecule has 3 nitrogen and oxygen atoms in total. The molecule has 1 heterocycles. The van der Waals surface area contributed by atoms with Gasteiger partial charge in [0.1, 0.15) is 0 Å². The van der Waals surface area contributed by atoms with E-state index in [0.29, 0.717) is 5.92 Å². The topological polar surface area (TPSA) is 23.4 Å². The minimum absolute atomic E-state index is 0.0430. The van der Waals surface area contributed by atoms with Crippen LogP contribution in [-0.2, 0) is 43.8 Å². The molecular formula is C51H69Cl2NO2SiZr. The number of halogens is 2. The van der Waals surface area contributed by atoms with Gasteiger partial charge in [-0.25, -0.2) is 6.07 Å². The molecule has 0 amide bonds. The Hall–Kier alpha value is -1.98. The number of ether oxygens (including phenoxy) is 2. The van der Waals surface area contributed by atoms with E-state index in [1.165, 1.54) is 93.8 Å². The molecule has 0 saturated heterocycles. The Balaban J connectivity index is 0.00000207. The van der Waals surface area contributed by atoms with Crippen molar-refractivity contribution in [1.82, 2.24) is 4.57 Å². The normalized spacial score (nSPS) is 13.3. The minimum atomic E-state index is -2.13. The maximum absolute atomic E-state index is 6.07. The first-order valence-corrected chi connectivity index (χ1v) is 30.8. The number of hydrogen-bond donors (Lipinski definition) is 0. The number of nitrogens with zero attached hydrogens (tertiary/aromatic N) is 1.